The zero-order valence-electron chi connectivity index (χ0n) is 17.9. The lowest BCUT2D eigenvalue weighted by Gasteiger charge is -2.29. The van der Waals surface area contributed by atoms with Crippen LogP contribution in [-0.2, 0) is 14.4 Å². The van der Waals surface area contributed by atoms with Gasteiger partial charge < -0.3 is 26.0 Å². The molecule has 0 spiro atoms. The minimum absolute atomic E-state index is 0.107. The van der Waals surface area contributed by atoms with Crippen molar-refractivity contribution in [1.29, 1.82) is 0 Å². The van der Waals surface area contributed by atoms with Gasteiger partial charge in [0.15, 0.2) is 0 Å². The van der Waals surface area contributed by atoms with Crippen molar-refractivity contribution in [3.63, 3.8) is 0 Å². The fourth-order valence-electron chi connectivity index (χ4n) is 2.93. The van der Waals surface area contributed by atoms with Gasteiger partial charge in [0.2, 0.25) is 11.5 Å². The number of alkyl halides is 8. The summed E-state index contributed by atoms with van der Waals surface area (Å²) in [7, 11) is 0. The number of anilines is 2. The highest BCUT2D eigenvalue weighted by molar-refractivity contribution is 6.10. The number of nitrogens with zero attached hydrogens (tertiary/aromatic N) is 1. The predicted octanol–water partition coefficient (Wildman–Crippen LogP) is 1.95. The van der Waals surface area contributed by atoms with Crippen LogP contribution in [0.25, 0.3) is 0 Å². The molecule has 2 unspecified atom stereocenters. The first kappa shape index (κ1) is 28.1. The molecule has 1 aliphatic rings. The third-order valence-corrected chi connectivity index (χ3v) is 4.96. The molecule has 1 heterocycles. The predicted molar refractivity (Wildman–Crippen MR) is 105 cm³/mol. The molecule has 1 aliphatic heterocycles. The van der Waals surface area contributed by atoms with Crippen molar-refractivity contribution in [3.05, 3.63) is 24.3 Å². The average Bonchev–Trinajstić information content (AvgIpc) is 2.85. The lowest BCUT2D eigenvalue weighted by atomic mass is 10.0. The summed E-state index contributed by atoms with van der Waals surface area (Å²) in [6, 6.07) is 4.10. The average molecular weight is 520 g/mol. The van der Waals surface area contributed by atoms with Gasteiger partial charge in [-0.3, -0.25) is 14.4 Å². The Bertz CT molecular complexity index is 965. The summed E-state index contributed by atoms with van der Waals surface area (Å²) >= 11 is 0. The Balaban J connectivity index is 2.17. The van der Waals surface area contributed by atoms with Gasteiger partial charge in [0.05, 0.1) is 24.3 Å². The fraction of sp³-hybridized carbons (Fsp3) is 0.526. The Labute approximate surface area is 192 Å². The largest absolute Gasteiger partial charge is 0.455 e. The summed E-state index contributed by atoms with van der Waals surface area (Å²) in [5.74, 6) is -9.89. The second kappa shape index (κ2) is 9.83. The van der Waals surface area contributed by atoms with E-state index < -0.39 is 73.7 Å². The number of aliphatic hydroxyl groups is 1. The van der Waals surface area contributed by atoms with Crippen molar-refractivity contribution in [2.24, 2.45) is 0 Å². The van der Waals surface area contributed by atoms with Crippen LogP contribution < -0.4 is 20.9 Å². The maximum Gasteiger partial charge on any atom is 0.455 e. The molecule has 1 aromatic rings. The standard InChI is InChI=1S/C19H20F8N4O4/c1-16(35,14(33)28-9-17(20,21)19(25,26)27)15(34)30-11-8-31(7-6-18(22,23)24)12-5-3-2-4-10(12)29-13(11)32/h2-5,11,35H,6-9H2,1H3,(H,28,33)(H,29,32)(H,30,34). The minimum Gasteiger partial charge on any atom is -0.372 e. The van der Waals surface area contributed by atoms with Crippen molar-refractivity contribution in [1.82, 2.24) is 10.6 Å². The summed E-state index contributed by atoms with van der Waals surface area (Å²) < 4.78 is 101. The lowest BCUT2D eigenvalue weighted by molar-refractivity contribution is -0.278. The summed E-state index contributed by atoms with van der Waals surface area (Å²) in [4.78, 5) is 38.1. The van der Waals surface area contributed by atoms with E-state index in [0.717, 1.165) is 10.2 Å². The van der Waals surface area contributed by atoms with Crippen LogP contribution in [0.5, 0.6) is 0 Å². The summed E-state index contributed by atoms with van der Waals surface area (Å²) in [6.45, 7) is -2.98. The Morgan fingerprint density at radius 3 is 2.26 bits per heavy atom. The third kappa shape index (κ3) is 6.93. The Morgan fingerprint density at radius 2 is 1.69 bits per heavy atom. The molecule has 0 radical (unpaired) electrons. The van der Waals surface area contributed by atoms with Gasteiger partial charge in [0.1, 0.15) is 6.04 Å². The quantitative estimate of drug-likeness (QED) is 0.325. The molecular weight excluding hydrogens is 500 g/mol. The first-order valence-electron chi connectivity index (χ1n) is 9.83. The number of carbonyl (C=O) groups is 3. The van der Waals surface area contributed by atoms with Crippen molar-refractivity contribution in [2.45, 2.75) is 43.3 Å². The maximum atomic E-state index is 13.0. The topological polar surface area (TPSA) is 111 Å². The first-order valence-corrected chi connectivity index (χ1v) is 9.83. The summed E-state index contributed by atoms with van der Waals surface area (Å²) in [5.41, 5.74) is -2.92. The zero-order valence-corrected chi connectivity index (χ0v) is 17.9. The number of amides is 3. The van der Waals surface area contributed by atoms with Gasteiger partial charge in [-0.05, 0) is 19.1 Å². The maximum absolute atomic E-state index is 13.0. The van der Waals surface area contributed by atoms with Crippen LogP contribution >= 0.6 is 0 Å². The number of benzene rings is 1. The molecule has 1 aromatic carbocycles. The van der Waals surface area contributed by atoms with E-state index in [2.05, 4.69) is 5.32 Å². The van der Waals surface area contributed by atoms with E-state index in [4.69, 9.17) is 0 Å². The molecule has 2 atom stereocenters. The Kier molecular flexibility index (Phi) is 7.88. The number of hydrogen-bond donors (Lipinski definition) is 4. The Morgan fingerprint density at radius 1 is 1.09 bits per heavy atom. The number of carbonyl (C=O) groups excluding carboxylic acids is 3. The molecule has 4 N–H and O–H groups in total. The van der Waals surface area contributed by atoms with Crippen LogP contribution in [0, 0.1) is 0 Å². The molecule has 196 valence electrons. The zero-order chi connectivity index (χ0) is 26.8. The van der Waals surface area contributed by atoms with E-state index in [1.165, 1.54) is 24.3 Å². The van der Waals surface area contributed by atoms with Gasteiger partial charge in [-0.25, -0.2) is 0 Å². The number of para-hydroxylation sites is 2. The van der Waals surface area contributed by atoms with Crippen molar-refractivity contribution in [3.8, 4) is 0 Å². The second-order valence-corrected chi connectivity index (χ2v) is 7.80. The third-order valence-electron chi connectivity index (χ3n) is 4.96. The van der Waals surface area contributed by atoms with Crippen LogP contribution in [0.1, 0.15) is 13.3 Å². The number of hydrogen-bond acceptors (Lipinski definition) is 5. The van der Waals surface area contributed by atoms with Gasteiger partial charge >= 0.3 is 18.3 Å². The molecule has 0 saturated carbocycles. The molecule has 3 amide bonds. The summed E-state index contributed by atoms with van der Waals surface area (Å²) in [5, 5.41) is 15.5. The lowest BCUT2D eigenvalue weighted by Crippen LogP contribution is -2.61. The fourth-order valence-corrected chi connectivity index (χ4v) is 2.93. The highest BCUT2D eigenvalue weighted by Gasteiger charge is 2.58. The first-order chi connectivity index (χ1) is 15.8. The number of rotatable bonds is 7. The number of fused-ring (bicyclic) bond motifs is 1. The molecule has 0 saturated heterocycles. The van der Waals surface area contributed by atoms with E-state index in [1.54, 1.807) is 0 Å². The van der Waals surface area contributed by atoms with Crippen molar-refractivity contribution < 1.29 is 54.6 Å². The SMILES string of the molecule is CC(O)(C(=O)NCC(F)(F)C(F)(F)F)C(=O)NC1CN(CCC(F)(F)F)c2ccccc2NC1=O. The van der Waals surface area contributed by atoms with Gasteiger partial charge in [0.25, 0.3) is 11.8 Å². The smallest absolute Gasteiger partial charge is 0.372 e. The molecule has 2 rings (SSSR count). The number of halogens is 8. The highest BCUT2D eigenvalue weighted by Crippen LogP contribution is 2.35. The van der Waals surface area contributed by atoms with Crippen LogP contribution in [-0.4, -0.2) is 72.4 Å². The van der Waals surface area contributed by atoms with Crippen molar-refractivity contribution in [2.75, 3.05) is 29.9 Å². The molecule has 0 aromatic heterocycles. The molecule has 0 aliphatic carbocycles. The molecular formula is C19H20F8N4O4. The number of nitrogens with one attached hydrogen (secondary N) is 3. The van der Waals surface area contributed by atoms with Crippen molar-refractivity contribution >= 4 is 29.1 Å². The van der Waals surface area contributed by atoms with E-state index in [1.807, 2.05) is 5.32 Å². The van der Waals surface area contributed by atoms with Gasteiger partial charge in [-0.2, -0.15) is 35.1 Å². The van der Waals surface area contributed by atoms with Gasteiger partial charge in [0, 0.05) is 13.1 Å². The van der Waals surface area contributed by atoms with E-state index in [0.29, 0.717) is 6.92 Å². The minimum atomic E-state index is -6.01. The van der Waals surface area contributed by atoms with Crippen LogP contribution in [0.3, 0.4) is 0 Å². The van der Waals surface area contributed by atoms with Crippen LogP contribution in [0.15, 0.2) is 24.3 Å². The normalized spacial score (nSPS) is 18.6. The monoisotopic (exact) mass is 520 g/mol. The van der Waals surface area contributed by atoms with E-state index >= 15 is 0 Å². The van der Waals surface area contributed by atoms with Crippen LogP contribution in [0.2, 0.25) is 0 Å². The molecule has 16 heteroatoms. The second-order valence-electron chi connectivity index (χ2n) is 7.80. The van der Waals surface area contributed by atoms with Crippen LogP contribution in [0.4, 0.5) is 46.5 Å². The molecule has 0 bridgehead atoms. The molecule has 8 nitrogen and oxygen atoms in total. The molecule has 0 fully saturated rings. The highest BCUT2D eigenvalue weighted by atomic mass is 19.4. The van der Waals surface area contributed by atoms with E-state index in [-0.39, 0.29) is 11.4 Å². The van der Waals surface area contributed by atoms with E-state index in [9.17, 15) is 54.6 Å². The summed E-state index contributed by atoms with van der Waals surface area (Å²) in [6.07, 6.45) is -11.9. The van der Waals surface area contributed by atoms with Gasteiger partial charge in [-0.15, -0.1) is 0 Å². The molecule has 35 heavy (non-hydrogen) atoms. The Hall–Kier alpha value is -3.17. The van der Waals surface area contributed by atoms with Gasteiger partial charge in [-0.1, -0.05) is 12.1 Å².